The van der Waals surface area contributed by atoms with Gasteiger partial charge in [0.25, 0.3) is 5.91 Å². The number of hydrogen-bond donors (Lipinski definition) is 1. The molecule has 1 aromatic carbocycles. The van der Waals surface area contributed by atoms with Crippen LogP contribution in [0.15, 0.2) is 48.9 Å². The molecule has 1 fully saturated rings. The van der Waals surface area contributed by atoms with E-state index in [4.69, 9.17) is 4.74 Å². The molecule has 1 saturated heterocycles. The number of imidazole rings is 1. The number of aliphatic hydroxyl groups is 1. The Morgan fingerprint density at radius 1 is 1.27 bits per heavy atom. The zero-order chi connectivity index (χ0) is 18.1. The van der Waals surface area contributed by atoms with Gasteiger partial charge in [0.1, 0.15) is 11.8 Å². The van der Waals surface area contributed by atoms with Crippen LogP contribution in [0, 0.1) is 0 Å². The number of rotatable bonds is 3. The topological polar surface area (TPSA) is 80.5 Å². The van der Waals surface area contributed by atoms with Crippen molar-refractivity contribution >= 4 is 17.1 Å². The van der Waals surface area contributed by atoms with Crippen molar-refractivity contribution in [2.75, 3.05) is 19.7 Å². The number of aliphatic hydroxyl groups excluding tert-OH is 1. The molecule has 1 amide bonds. The van der Waals surface area contributed by atoms with Crippen molar-refractivity contribution in [3.8, 4) is 5.69 Å². The minimum absolute atomic E-state index is 0.104. The van der Waals surface area contributed by atoms with Crippen molar-refractivity contribution in [1.29, 1.82) is 0 Å². The van der Waals surface area contributed by atoms with E-state index in [1.807, 2.05) is 41.8 Å². The van der Waals surface area contributed by atoms with E-state index in [0.29, 0.717) is 29.8 Å². The standard InChI is InChI=1S/C19H20N4O3/c1-13-9-22(10-16(11-24)26-13)19(25)14-7-17-18(20-8-14)23(12-21-17)15-5-3-2-4-6-15/h2-8,12-13,16,24H,9-11H2,1H3/t13-,16+/m1/s1. The molecule has 0 saturated carbocycles. The summed E-state index contributed by atoms with van der Waals surface area (Å²) in [5.41, 5.74) is 2.83. The van der Waals surface area contributed by atoms with E-state index < -0.39 is 0 Å². The van der Waals surface area contributed by atoms with Crippen LogP contribution >= 0.6 is 0 Å². The molecule has 1 aliphatic heterocycles. The quantitative estimate of drug-likeness (QED) is 0.775. The van der Waals surface area contributed by atoms with Gasteiger partial charge in [-0.25, -0.2) is 9.97 Å². The zero-order valence-corrected chi connectivity index (χ0v) is 14.4. The van der Waals surface area contributed by atoms with Crippen molar-refractivity contribution in [2.24, 2.45) is 0 Å². The zero-order valence-electron chi connectivity index (χ0n) is 14.4. The maximum atomic E-state index is 12.8. The summed E-state index contributed by atoms with van der Waals surface area (Å²) in [6.07, 6.45) is 2.83. The molecule has 2 atom stereocenters. The number of benzene rings is 1. The summed E-state index contributed by atoms with van der Waals surface area (Å²) in [4.78, 5) is 23.4. The molecule has 0 unspecified atom stereocenters. The second-order valence-electron chi connectivity index (χ2n) is 6.48. The Labute approximate surface area is 150 Å². The van der Waals surface area contributed by atoms with Gasteiger partial charge in [0.2, 0.25) is 0 Å². The van der Waals surface area contributed by atoms with Crippen molar-refractivity contribution in [2.45, 2.75) is 19.1 Å². The van der Waals surface area contributed by atoms with Crippen LogP contribution < -0.4 is 0 Å². The molecule has 4 rings (SSSR count). The monoisotopic (exact) mass is 352 g/mol. The number of hydrogen-bond acceptors (Lipinski definition) is 5. The van der Waals surface area contributed by atoms with E-state index in [9.17, 15) is 9.90 Å². The summed E-state index contributed by atoms with van der Waals surface area (Å²) < 4.78 is 7.49. The van der Waals surface area contributed by atoms with Gasteiger partial charge >= 0.3 is 0 Å². The molecule has 7 heteroatoms. The summed E-state index contributed by atoms with van der Waals surface area (Å²) >= 11 is 0. The van der Waals surface area contributed by atoms with E-state index in [-0.39, 0.29) is 24.7 Å². The number of fused-ring (bicyclic) bond motifs is 1. The van der Waals surface area contributed by atoms with Crippen LogP contribution in [-0.4, -0.2) is 62.4 Å². The van der Waals surface area contributed by atoms with Crippen LogP contribution in [0.5, 0.6) is 0 Å². The summed E-state index contributed by atoms with van der Waals surface area (Å²) in [6.45, 7) is 2.65. The minimum Gasteiger partial charge on any atom is -0.394 e. The number of carbonyl (C=O) groups excluding carboxylic acids is 1. The molecule has 1 N–H and O–H groups in total. The van der Waals surface area contributed by atoms with Gasteiger partial charge in [-0.15, -0.1) is 0 Å². The lowest BCUT2D eigenvalue weighted by Crippen LogP contribution is -2.50. The number of morpholine rings is 1. The first kappa shape index (κ1) is 16.7. The molecular formula is C19H20N4O3. The minimum atomic E-state index is -0.350. The molecule has 0 spiro atoms. The van der Waals surface area contributed by atoms with E-state index in [2.05, 4.69) is 9.97 Å². The van der Waals surface area contributed by atoms with E-state index >= 15 is 0 Å². The predicted octanol–water partition coefficient (Wildman–Crippen LogP) is 1.64. The molecule has 3 heterocycles. The molecule has 1 aliphatic rings. The summed E-state index contributed by atoms with van der Waals surface area (Å²) in [5, 5.41) is 9.34. The Kier molecular flexibility index (Phi) is 4.40. The normalized spacial score (nSPS) is 20.5. The van der Waals surface area contributed by atoms with Crippen molar-refractivity contribution in [3.05, 3.63) is 54.5 Å². The second kappa shape index (κ2) is 6.86. The molecule has 0 bridgehead atoms. The van der Waals surface area contributed by atoms with Gasteiger partial charge < -0.3 is 14.7 Å². The lowest BCUT2D eigenvalue weighted by Gasteiger charge is -2.36. The van der Waals surface area contributed by atoms with Crippen LogP contribution in [0.2, 0.25) is 0 Å². The highest BCUT2D eigenvalue weighted by Gasteiger charge is 2.29. The van der Waals surface area contributed by atoms with E-state index in [1.54, 1.807) is 23.5 Å². The maximum absolute atomic E-state index is 12.8. The number of pyridine rings is 1. The van der Waals surface area contributed by atoms with Crippen LogP contribution in [0.4, 0.5) is 0 Å². The fourth-order valence-electron chi connectivity index (χ4n) is 3.29. The van der Waals surface area contributed by atoms with Gasteiger partial charge in [0.05, 0.1) is 24.4 Å². The predicted molar refractivity (Wildman–Crippen MR) is 96.2 cm³/mol. The summed E-state index contributed by atoms with van der Waals surface area (Å²) in [5.74, 6) is -0.123. The smallest absolute Gasteiger partial charge is 0.255 e. The van der Waals surface area contributed by atoms with Crippen molar-refractivity contribution in [3.63, 3.8) is 0 Å². The first-order valence-electron chi connectivity index (χ1n) is 8.60. The van der Waals surface area contributed by atoms with Crippen molar-refractivity contribution in [1.82, 2.24) is 19.4 Å². The van der Waals surface area contributed by atoms with Crippen molar-refractivity contribution < 1.29 is 14.6 Å². The highest BCUT2D eigenvalue weighted by Crippen LogP contribution is 2.19. The SMILES string of the molecule is C[C@@H]1CN(C(=O)c2cnc3c(c2)ncn3-c2ccccc2)C[C@@H](CO)O1. The molecule has 7 nitrogen and oxygen atoms in total. The van der Waals surface area contributed by atoms with Gasteiger partial charge in [0, 0.05) is 25.0 Å². The van der Waals surface area contributed by atoms with Gasteiger partial charge in [-0.05, 0) is 25.1 Å². The first-order chi connectivity index (χ1) is 12.7. The van der Waals surface area contributed by atoms with Gasteiger partial charge in [-0.2, -0.15) is 0 Å². The Balaban J connectivity index is 1.63. The first-order valence-corrected chi connectivity index (χ1v) is 8.60. The Morgan fingerprint density at radius 3 is 2.85 bits per heavy atom. The number of para-hydroxylation sites is 1. The fourth-order valence-corrected chi connectivity index (χ4v) is 3.29. The van der Waals surface area contributed by atoms with Gasteiger partial charge in [-0.3, -0.25) is 9.36 Å². The average molecular weight is 352 g/mol. The summed E-state index contributed by atoms with van der Waals surface area (Å²) in [6, 6.07) is 11.6. The fraction of sp³-hybridized carbons (Fsp3) is 0.316. The highest BCUT2D eigenvalue weighted by atomic mass is 16.5. The number of ether oxygens (including phenoxy) is 1. The third-order valence-electron chi connectivity index (χ3n) is 4.49. The molecular weight excluding hydrogens is 332 g/mol. The molecule has 0 radical (unpaired) electrons. The molecule has 3 aromatic rings. The Bertz CT molecular complexity index is 925. The van der Waals surface area contributed by atoms with E-state index in [0.717, 1.165) is 5.69 Å². The largest absolute Gasteiger partial charge is 0.394 e. The van der Waals surface area contributed by atoms with Gasteiger partial charge in [0.15, 0.2) is 5.65 Å². The third kappa shape index (κ3) is 3.07. The average Bonchev–Trinajstić information content (AvgIpc) is 3.10. The molecule has 2 aromatic heterocycles. The number of amides is 1. The van der Waals surface area contributed by atoms with Crippen LogP contribution in [0.1, 0.15) is 17.3 Å². The number of nitrogens with zero attached hydrogens (tertiary/aromatic N) is 4. The van der Waals surface area contributed by atoms with Crippen LogP contribution in [-0.2, 0) is 4.74 Å². The van der Waals surface area contributed by atoms with Crippen LogP contribution in [0.25, 0.3) is 16.9 Å². The Hall–Kier alpha value is -2.77. The van der Waals surface area contributed by atoms with Gasteiger partial charge in [-0.1, -0.05) is 18.2 Å². The lowest BCUT2D eigenvalue weighted by molar-refractivity contribution is -0.0858. The Morgan fingerprint density at radius 2 is 2.08 bits per heavy atom. The molecule has 0 aliphatic carbocycles. The highest BCUT2D eigenvalue weighted by molar-refractivity contribution is 5.96. The molecule has 134 valence electrons. The summed E-state index contributed by atoms with van der Waals surface area (Å²) in [7, 11) is 0. The number of aromatic nitrogens is 3. The molecule has 26 heavy (non-hydrogen) atoms. The van der Waals surface area contributed by atoms with E-state index in [1.165, 1.54) is 0 Å². The van der Waals surface area contributed by atoms with Crippen LogP contribution in [0.3, 0.4) is 0 Å². The third-order valence-corrected chi connectivity index (χ3v) is 4.49. The second-order valence-corrected chi connectivity index (χ2v) is 6.48. The maximum Gasteiger partial charge on any atom is 0.255 e. The number of carbonyl (C=O) groups is 1. The lowest BCUT2D eigenvalue weighted by atomic mass is 10.1.